The first-order chi connectivity index (χ1) is 27.2. The standard InChI is InChI=1S/C22H25N5O4S2.C16H21N5O2S/c1-32(28,29)27-20(22-25-17-13-24-21-16(11-12-23-21)19(17)26-22)15-9-5-6-10-18(15)33(30,31)14-7-3-2-4-8-14;1-24(22,23)21-13(10-5-3-2-4-6-10)16-19-12-9-18-15-11(7-8-17-15)14(12)20-16/h2-4,7-8,11-13,15,18,20,27H,5-6,9-10H2,1H3,(H,23,24)(H,25,26);7-10,13,21H,2-6H2,1H3,(H,17,18)(H,19,20). The highest BCUT2D eigenvalue weighted by atomic mass is 32.2. The van der Waals surface area contributed by atoms with Gasteiger partial charge in [0.05, 0.1) is 58.2 Å². The number of nitrogens with one attached hydrogen (secondary N) is 6. The van der Waals surface area contributed by atoms with Gasteiger partial charge in [0.25, 0.3) is 0 Å². The molecule has 0 amide bonds. The number of aromatic nitrogens is 8. The first-order valence-electron chi connectivity index (χ1n) is 19.1. The first kappa shape index (κ1) is 39.2. The van der Waals surface area contributed by atoms with Crippen LogP contribution >= 0.6 is 0 Å². The molecule has 6 N–H and O–H groups in total. The summed E-state index contributed by atoms with van der Waals surface area (Å²) in [7, 11) is -10.6. The van der Waals surface area contributed by atoms with Crippen molar-refractivity contribution in [1.29, 1.82) is 0 Å². The second-order valence-electron chi connectivity index (χ2n) is 15.2. The van der Waals surface area contributed by atoms with E-state index in [1.165, 1.54) is 12.7 Å². The Kier molecular flexibility index (Phi) is 10.7. The van der Waals surface area contributed by atoms with Crippen molar-refractivity contribution in [2.45, 2.75) is 80.0 Å². The summed E-state index contributed by atoms with van der Waals surface area (Å²) in [5.41, 5.74) is 4.44. The van der Waals surface area contributed by atoms with E-state index in [0.29, 0.717) is 41.2 Å². The summed E-state index contributed by atoms with van der Waals surface area (Å²) in [6, 6.07) is 11.0. The Morgan fingerprint density at radius 2 is 1.14 bits per heavy atom. The van der Waals surface area contributed by atoms with E-state index in [1.807, 2.05) is 18.3 Å². The lowest BCUT2D eigenvalue weighted by Crippen LogP contribution is -2.43. The Bertz CT molecular complexity index is 2860. The van der Waals surface area contributed by atoms with Crippen molar-refractivity contribution in [3.05, 3.63) is 78.9 Å². The van der Waals surface area contributed by atoms with Crippen LogP contribution in [0.1, 0.15) is 81.5 Å². The molecular weight excluding hydrogens is 789 g/mol. The fraction of sp³-hybridized carbons (Fsp3) is 0.421. The number of aromatic amines is 4. The highest BCUT2D eigenvalue weighted by molar-refractivity contribution is 7.92. The van der Waals surface area contributed by atoms with Crippen LogP contribution in [-0.4, -0.2) is 82.9 Å². The van der Waals surface area contributed by atoms with Crippen LogP contribution in [0.3, 0.4) is 0 Å². The number of rotatable bonds is 10. The van der Waals surface area contributed by atoms with Crippen molar-refractivity contribution in [3.63, 3.8) is 0 Å². The van der Waals surface area contributed by atoms with E-state index in [9.17, 15) is 25.3 Å². The van der Waals surface area contributed by atoms with Gasteiger partial charge in [-0.1, -0.05) is 50.3 Å². The van der Waals surface area contributed by atoms with Gasteiger partial charge in [-0.15, -0.1) is 0 Å². The lowest BCUT2D eigenvalue weighted by Gasteiger charge is -2.36. The number of sulfone groups is 1. The summed E-state index contributed by atoms with van der Waals surface area (Å²) in [5.74, 6) is 0.863. The molecule has 0 saturated heterocycles. The van der Waals surface area contributed by atoms with Gasteiger partial charge in [0.1, 0.15) is 34.0 Å². The number of benzene rings is 1. The molecule has 2 aliphatic carbocycles. The number of hydrogen-bond acceptors (Lipinski definition) is 10. The molecule has 6 heterocycles. The Morgan fingerprint density at radius 3 is 1.70 bits per heavy atom. The topological polar surface area (TPSA) is 241 Å². The van der Waals surface area contributed by atoms with E-state index in [2.05, 4.69) is 39.3 Å². The van der Waals surface area contributed by atoms with Crippen molar-refractivity contribution in [2.75, 3.05) is 12.5 Å². The van der Waals surface area contributed by atoms with Gasteiger partial charge in [0, 0.05) is 23.2 Å². The average molecular weight is 835 g/mol. The zero-order valence-electron chi connectivity index (χ0n) is 31.6. The molecule has 0 bridgehead atoms. The second kappa shape index (κ2) is 15.6. The summed E-state index contributed by atoms with van der Waals surface area (Å²) in [6.45, 7) is 0. The molecule has 9 rings (SSSR count). The van der Waals surface area contributed by atoms with Crippen molar-refractivity contribution in [3.8, 4) is 0 Å². The second-order valence-corrected chi connectivity index (χ2v) is 21.0. The number of H-pyrrole nitrogens is 4. The maximum Gasteiger partial charge on any atom is 0.209 e. The molecule has 2 aliphatic rings. The fourth-order valence-corrected chi connectivity index (χ4v) is 12.2. The maximum absolute atomic E-state index is 13.6. The van der Waals surface area contributed by atoms with Crippen LogP contribution < -0.4 is 9.44 Å². The van der Waals surface area contributed by atoms with Crippen LogP contribution in [0, 0.1) is 11.8 Å². The Balaban J connectivity index is 0.000000168. The molecule has 57 heavy (non-hydrogen) atoms. The smallest absolute Gasteiger partial charge is 0.209 e. The van der Waals surface area contributed by atoms with Crippen LogP contribution in [0.5, 0.6) is 0 Å². The minimum Gasteiger partial charge on any atom is -0.346 e. The molecule has 0 aliphatic heterocycles. The van der Waals surface area contributed by atoms with Crippen molar-refractivity contribution in [1.82, 2.24) is 49.3 Å². The summed E-state index contributed by atoms with van der Waals surface area (Å²) >= 11 is 0. The maximum atomic E-state index is 13.6. The molecule has 0 spiro atoms. The van der Waals surface area contributed by atoms with Gasteiger partial charge in [-0.25, -0.2) is 54.6 Å². The lowest BCUT2D eigenvalue weighted by molar-refractivity contribution is 0.287. The van der Waals surface area contributed by atoms with Gasteiger partial charge < -0.3 is 19.9 Å². The number of pyridine rings is 2. The minimum atomic E-state index is -3.67. The van der Waals surface area contributed by atoms with Crippen LogP contribution in [-0.2, 0) is 29.9 Å². The molecule has 2 fully saturated rings. The third-order valence-electron chi connectivity index (χ3n) is 11.2. The predicted molar refractivity (Wildman–Crippen MR) is 219 cm³/mol. The molecule has 0 radical (unpaired) electrons. The number of hydrogen-bond donors (Lipinski definition) is 6. The summed E-state index contributed by atoms with van der Waals surface area (Å²) in [6.07, 6.45) is 17.4. The number of sulfonamides is 2. The molecule has 4 unspecified atom stereocenters. The summed E-state index contributed by atoms with van der Waals surface area (Å²) in [5, 5.41) is 1.02. The zero-order valence-corrected chi connectivity index (χ0v) is 34.0. The van der Waals surface area contributed by atoms with Crippen LogP contribution in [0.25, 0.3) is 44.1 Å². The molecular formula is C38H46N10O6S3. The molecule has 4 atom stereocenters. The Morgan fingerprint density at radius 1 is 0.632 bits per heavy atom. The van der Waals surface area contributed by atoms with Crippen molar-refractivity contribution < 1.29 is 25.3 Å². The molecule has 2 saturated carbocycles. The van der Waals surface area contributed by atoms with Gasteiger partial charge in [0.2, 0.25) is 20.0 Å². The molecule has 1 aromatic carbocycles. The number of fused-ring (bicyclic) bond motifs is 6. The highest BCUT2D eigenvalue weighted by Gasteiger charge is 2.43. The average Bonchev–Trinajstić information content (AvgIpc) is 4.01. The Labute approximate surface area is 330 Å². The third-order valence-corrected chi connectivity index (χ3v) is 14.8. The SMILES string of the molecule is CS(=O)(=O)NC(c1nc2c(cnc3[nH]ccc32)[nH]1)C1CCCCC1.CS(=O)(=O)NC(c1nc2c(cnc3[nH]ccc32)[nH]1)C1CCCCC1S(=O)(=O)c1ccccc1. The number of nitrogens with zero attached hydrogens (tertiary/aromatic N) is 4. The van der Waals surface area contributed by atoms with E-state index in [-0.39, 0.29) is 16.9 Å². The molecule has 19 heteroatoms. The largest absolute Gasteiger partial charge is 0.346 e. The predicted octanol–water partition coefficient (Wildman–Crippen LogP) is 5.67. The van der Waals surface area contributed by atoms with Gasteiger partial charge in [0.15, 0.2) is 9.84 Å². The Hall–Kier alpha value is -4.69. The van der Waals surface area contributed by atoms with Gasteiger partial charge in [-0.3, -0.25) is 0 Å². The van der Waals surface area contributed by atoms with Gasteiger partial charge in [-0.2, -0.15) is 0 Å². The monoisotopic (exact) mass is 834 g/mol. The van der Waals surface area contributed by atoms with Crippen molar-refractivity contribution in [2.24, 2.45) is 11.8 Å². The van der Waals surface area contributed by atoms with Crippen LogP contribution in [0.15, 0.2) is 72.1 Å². The molecule has 7 aromatic rings. The van der Waals surface area contributed by atoms with E-state index in [1.54, 1.807) is 48.9 Å². The zero-order chi connectivity index (χ0) is 40.0. The summed E-state index contributed by atoms with van der Waals surface area (Å²) in [4.78, 5) is 31.0. The van der Waals surface area contributed by atoms with Gasteiger partial charge in [-0.05, 0) is 61.8 Å². The number of imidazole rings is 2. The van der Waals surface area contributed by atoms with E-state index in [4.69, 9.17) is 9.97 Å². The van der Waals surface area contributed by atoms with E-state index >= 15 is 0 Å². The van der Waals surface area contributed by atoms with Crippen molar-refractivity contribution >= 4 is 74.0 Å². The molecule has 6 aromatic heterocycles. The van der Waals surface area contributed by atoms with Crippen LogP contribution in [0.2, 0.25) is 0 Å². The first-order valence-corrected chi connectivity index (χ1v) is 24.4. The third kappa shape index (κ3) is 8.34. The lowest BCUT2D eigenvalue weighted by atomic mass is 9.83. The highest BCUT2D eigenvalue weighted by Crippen LogP contribution is 2.41. The minimum absolute atomic E-state index is 0.253. The quantitative estimate of drug-likeness (QED) is 0.0986. The van der Waals surface area contributed by atoms with Crippen LogP contribution in [0.4, 0.5) is 0 Å². The fourth-order valence-electron chi connectivity index (χ4n) is 8.61. The van der Waals surface area contributed by atoms with E-state index < -0.39 is 47.1 Å². The normalized spacial score (nSPS) is 19.8. The summed E-state index contributed by atoms with van der Waals surface area (Å²) < 4.78 is 81.1. The molecule has 16 nitrogen and oxygen atoms in total. The van der Waals surface area contributed by atoms with Gasteiger partial charge >= 0.3 is 0 Å². The molecule has 302 valence electrons. The van der Waals surface area contributed by atoms with E-state index in [0.717, 1.165) is 72.2 Å².